The third kappa shape index (κ3) is 2.42. The predicted molar refractivity (Wildman–Crippen MR) is 69.9 cm³/mol. The zero-order chi connectivity index (χ0) is 13.1. The van der Waals surface area contributed by atoms with Crippen molar-refractivity contribution in [2.75, 3.05) is 11.9 Å². The number of benzene rings is 1. The summed E-state index contributed by atoms with van der Waals surface area (Å²) in [5.74, 6) is -1.04. The topological polar surface area (TPSA) is 49.4 Å². The van der Waals surface area contributed by atoms with Crippen molar-refractivity contribution in [2.45, 2.75) is 12.8 Å². The number of para-hydroxylation sites is 1. The highest BCUT2D eigenvalue weighted by Crippen LogP contribution is 2.21. The molecular formula is C14H16N2O2. The summed E-state index contributed by atoms with van der Waals surface area (Å²) in [6.07, 6.45) is 1.19. The molecule has 1 aliphatic heterocycles. The lowest BCUT2D eigenvalue weighted by atomic mass is 9.95. The minimum Gasteiger partial charge on any atom is -0.330 e. The van der Waals surface area contributed by atoms with E-state index in [0.717, 1.165) is 5.69 Å². The lowest BCUT2D eigenvalue weighted by Crippen LogP contribution is -2.44. The predicted octanol–water partition coefficient (Wildman–Crippen LogP) is 1.69. The van der Waals surface area contributed by atoms with Gasteiger partial charge in [0.2, 0.25) is 11.8 Å². The van der Waals surface area contributed by atoms with E-state index in [1.165, 1.54) is 4.90 Å². The Bertz CT molecular complexity index is 482. The van der Waals surface area contributed by atoms with E-state index in [1.807, 2.05) is 30.3 Å². The van der Waals surface area contributed by atoms with Crippen LogP contribution < -0.4 is 10.2 Å². The highest BCUT2D eigenvalue weighted by atomic mass is 16.2. The van der Waals surface area contributed by atoms with Gasteiger partial charge in [-0.25, -0.2) is 0 Å². The number of hydrogen-bond acceptors (Lipinski definition) is 2. The molecule has 94 valence electrons. The minimum atomic E-state index is -0.610. The monoisotopic (exact) mass is 244 g/mol. The van der Waals surface area contributed by atoms with Gasteiger partial charge in [-0.3, -0.25) is 9.59 Å². The Hall–Kier alpha value is -2.10. The highest BCUT2D eigenvalue weighted by Gasteiger charge is 2.32. The van der Waals surface area contributed by atoms with Crippen molar-refractivity contribution in [2.24, 2.45) is 5.92 Å². The maximum atomic E-state index is 12.3. The van der Waals surface area contributed by atoms with E-state index in [0.29, 0.717) is 18.5 Å². The van der Waals surface area contributed by atoms with Gasteiger partial charge in [0.05, 0.1) is 0 Å². The summed E-state index contributed by atoms with van der Waals surface area (Å²) in [6, 6.07) is 9.30. The quantitative estimate of drug-likeness (QED) is 0.805. The zero-order valence-corrected chi connectivity index (χ0v) is 10.3. The van der Waals surface area contributed by atoms with Gasteiger partial charge in [0.25, 0.3) is 0 Å². The van der Waals surface area contributed by atoms with Gasteiger partial charge < -0.3 is 10.2 Å². The number of nitrogens with zero attached hydrogens (tertiary/aromatic N) is 1. The third-order valence-corrected chi connectivity index (χ3v) is 3.12. The number of carbonyl (C=O) groups excluding carboxylic acids is 2. The van der Waals surface area contributed by atoms with E-state index in [4.69, 9.17) is 0 Å². The van der Waals surface area contributed by atoms with E-state index in [9.17, 15) is 9.59 Å². The second-order valence-electron chi connectivity index (χ2n) is 4.42. The molecule has 1 aromatic carbocycles. The Labute approximate surface area is 106 Å². The first kappa shape index (κ1) is 12.4. The number of nitrogens with one attached hydrogen (secondary N) is 1. The van der Waals surface area contributed by atoms with E-state index in [1.54, 1.807) is 7.05 Å². The van der Waals surface area contributed by atoms with Crippen LogP contribution >= 0.6 is 0 Å². The molecule has 1 heterocycles. The zero-order valence-electron chi connectivity index (χ0n) is 10.3. The Morgan fingerprint density at radius 2 is 2.06 bits per heavy atom. The number of allylic oxidation sites excluding steroid dienone is 1. The van der Waals surface area contributed by atoms with Crippen LogP contribution in [-0.2, 0) is 9.59 Å². The molecule has 0 radical (unpaired) electrons. The number of anilines is 1. The maximum Gasteiger partial charge on any atom is 0.239 e. The lowest BCUT2D eigenvalue weighted by Gasteiger charge is -2.27. The van der Waals surface area contributed by atoms with E-state index >= 15 is 0 Å². The average molecular weight is 244 g/mol. The molecule has 1 fully saturated rings. The van der Waals surface area contributed by atoms with Crippen LogP contribution in [0.3, 0.4) is 0 Å². The summed E-state index contributed by atoms with van der Waals surface area (Å²) in [5, 5.41) is 2.64. The van der Waals surface area contributed by atoms with Crippen molar-refractivity contribution in [3.8, 4) is 0 Å². The molecule has 0 saturated carbocycles. The van der Waals surface area contributed by atoms with Crippen molar-refractivity contribution in [3.05, 3.63) is 42.6 Å². The Morgan fingerprint density at radius 1 is 1.39 bits per heavy atom. The summed E-state index contributed by atoms with van der Waals surface area (Å²) in [6.45, 7) is 3.70. The standard InChI is InChI=1S/C14H16N2O2/c1-10-8-9-12(13(17)15-10)14(18)16(2)11-6-4-3-5-7-11/h3-7,12H,1,8-9H2,2H3,(H,15,17). The largest absolute Gasteiger partial charge is 0.330 e. The number of hydrogen-bond donors (Lipinski definition) is 1. The first-order valence-electron chi connectivity index (χ1n) is 5.91. The minimum absolute atomic E-state index is 0.175. The number of amides is 2. The lowest BCUT2D eigenvalue weighted by molar-refractivity contribution is -0.134. The summed E-state index contributed by atoms with van der Waals surface area (Å²) in [4.78, 5) is 25.5. The normalized spacial score (nSPS) is 19.3. The first-order valence-corrected chi connectivity index (χ1v) is 5.91. The first-order chi connectivity index (χ1) is 8.59. The molecule has 4 heteroatoms. The Kier molecular flexibility index (Phi) is 3.46. The molecule has 2 amide bonds. The van der Waals surface area contributed by atoms with Crippen molar-refractivity contribution in [3.63, 3.8) is 0 Å². The van der Waals surface area contributed by atoms with Gasteiger partial charge >= 0.3 is 0 Å². The molecule has 1 atom stereocenters. The van der Waals surface area contributed by atoms with Crippen molar-refractivity contribution in [1.82, 2.24) is 5.32 Å². The molecule has 0 spiro atoms. The molecule has 1 aromatic rings. The molecule has 1 N–H and O–H groups in total. The summed E-state index contributed by atoms with van der Waals surface area (Å²) in [7, 11) is 1.69. The van der Waals surface area contributed by atoms with Crippen molar-refractivity contribution < 1.29 is 9.59 Å². The molecule has 0 aromatic heterocycles. The fourth-order valence-corrected chi connectivity index (χ4v) is 2.02. The van der Waals surface area contributed by atoms with Crippen LogP contribution in [0, 0.1) is 5.92 Å². The van der Waals surface area contributed by atoms with E-state index < -0.39 is 5.92 Å². The molecule has 2 rings (SSSR count). The second-order valence-corrected chi connectivity index (χ2v) is 4.42. The number of piperidine rings is 1. The molecule has 1 unspecified atom stereocenters. The average Bonchev–Trinajstić information content (AvgIpc) is 2.38. The summed E-state index contributed by atoms with van der Waals surface area (Å²) in [5.41, 5.74) is 1.48. The summed E-state index contributed by atoms with van der Waals surface area (Å²) >= 11 is 0. The molecule has 0 aliphatic carbocycles. The molecule has 4 nitrogen and oxygen atoms in total. The van der Waals surface area contributed by atoms with Gasteiger partial charge in [-0.15, -0.1) is 0 Å². The summed E-state index contributed by atoms with van der Waals surface area (Å²) < 4.78 is 0. The second kappa shape index (κ2) is 5.04. The molecule has 1 aliphatic rings. The van der Waals surface area contributed by atoms with Gasteiger partial charge in [0, 0.05) is 18.4 Å². The van der Waals surface area contributed by atoms with Crippen LogP contribution in [0.4, 0.5) is 5.69 Å². The van der Waals surface area contributed by atoms with Gasteiger partial charge in [-0.2, -0.15) is 0 Å². The van der Waals surface area contributed by atoms with Crippen LogP contribution in [0.2, 0.25) is 0 Å². The Morgan fingerprint density at radius 3 is 2.67 bits per heavy atom. The van der Waals surface area contributed by atoms with Gasteiger partial charge in [0.15, 0.2) is 0 Å². The number of carbonyl (C=O) groups is 2. The van der Waals surface area contributed by atoms with E-state index in [2.05, 4.69) is 11.9 Å². The van der Waals surface area contributed by atoms with Crippen molar-refractivity contribution in [1.29, 1.82) is 0 Å². The third-order valence-electron chi connectivity index (χ3n) is 3.12. The van der Waals surface area contributed by atoms with Crippen LogP contribution in [0.5, 0.6) is 0 Å². The van der Waals surface area contributed by atoms with Crippen molar-refractivity contribution >= 4 is 17.5 Å². The van der Waals surface area contributed by atoms with Gasteiger partial charge in [0.1, 0.15) is 5.92 Å². The number of rotatable bonds is 2. The molecule has 1 saturated heterocycles. The Balaban J connectivity index is 2.12. The van der Waals surface area contributed by atoms with Crippen LogP contribution in [0.15, 0.2) is 42.6 Å². The molecular weight excluding hydrogens is 228 g/mol. The highest BCUT2D eigenvalue weighted by molar-refractivity contribution is 6.08. The van der Waals surface area contributed by atoms with Gasteiger partial charge in [-0.1, -0.05) is 24.8 Å². The van der Waals surface area contributed by atoms with Crippen LogP contribution in [-0.4, -0.2) is 18.9 Å². The molecule has 18 heavy (non-hydrogen) atoms. The molecule has 0 bridgehead atoms. The fourth-order valence-electron chi connectivity index (χ4n) is 2.02. The van der Waals surface area contributed by atoms with Gasteiger partial charge in [-0.05, 0) is 25.0 Å². The SMILES string of the molecule is C=C1CCC(C(=O)N(C)c2ccccc2)C(=O)N1. The van der Waals surface area contributed by atoms with Crippen LogP contribution in [0.25, 0.3) is 0 Å². The smallest absolute Gasteiger partial charge is 0.239 e. The fraction of sp³-hybridized carbons (Fsp3) is 0.286. The van der Waals surface area contributed by atoms with E-state index in [-0.39, 0.29) is 11.8 Å². The maximum absolute atomic E-state index is 12.3. The van der Waals surface area contributed by atoms with Crippen LogP contribution in [0.1, 0.15) is 12.8 Å².